The smallest absolute Gasteiger partial charge is 0.249 e. The summed E-state index contributed by atoms with van der Waals surface area (Å²) in [5.74, 6) is -0.00553. The molecular weight excluding hydrogens is 312 g/mol. The summed E-state index contributed by atoms with van der Waals surface area (Å²) in [6, 6.07) is 15.4. The number of carbonyl (C=O) groups excluding carboxylic acids is 2. The van der Waals surface area contributed by atoms with E-state index in [9.17, 15) is 9.59 Å². The number of anilines is 1. The van der Waals surface area contributed by atoms with Gasteiger partial charge in [0.1, 0.15) is 6.04 Å². The largest absolute Gasteiger partial charge is 0.329 e. The predicted octanol–water partition coefficient (Wildman–Crippen LogP) is 3.11. The molecule has 1 aliphatic heterocycles. The molecule has 0 unspecified atom stereocenters. The molecule has 1 saturated heterocycles. The molecule has 0 radical (unpaired) electrons. The Hall–Kier alpha value is -2.62. The van der Waals surface area contributed by atoms with Crippen LogP contribution in [0.15, 0.2) is 48.5 Å². The maximum atomic E-state index is 12.9. The van der Waals surface area contributed by atoms with Gasteiger partial charge < -0.3 is 9.80 Å². The zero-order valence-corrected chi connectivity index (χ0v) is 15.0. The summed E-state index contributed by atoms with van der Waals surface area (Å²) in [5, 5.41) is 0. The Morgan fingerprint density at radius 1 is 1.08 bits per heavy atom. The van der Waals surface area contributed by atoms with Crippen molar-refractivity contribution in [1.29, 1.82) is 0 Å². The second-order valence-electron chi connectivity index (χ2n) is 6.71. The summed E-state index contributed by atoms with van der Waals surface area (Å²) < 4.78 is 0. The Balaban J connectivity index is 1.75. The van der Waals surface area contributed by atoms with E-state index in [0.29, 0.717) is 19.5 Å². The molecule has 25 heavy (non-hydrogen) atoms. The lowest BCUT2D eigenvalue weighted by molar-refractivity contribution is -0.140. The highest BCUT2D eigenvalue weighted by atomic mass is 16.2. The average Bonchev–Trinajstić information content (AvgIpc) is 2.60. The second-order valence-corrected chi connectivity index (χ2v) is 6.71. The highest BCUT2D eigenvalue weighted by Crippen LogP contribution is 2.25. The van der Waals surface area contributed by atoms with Gasteiger partial charge in [-0.15, -0.1) is 0 Å². The van der Waals surface area contributed by atoms with Crippen molar-refractivity contribution >= 4 is 17.5 Å². The number of rotatable bonds is 3. The van der Waals surface area contributed by atoms with Crippen molar-refractivity contribution in [2.45, 2.75) is 33.2 Å². The molecule has 2 aromatic rings. The number of piperazine rings is 1. The van der Waals surface area contributed by atoms with E-state index in [4.69, 9.17) is 0 Å². The maximum Gasteiger partial charge on any atom is 0.249 e. The maximum absolute atomic E-state index is 12.9. The summed E-state index contributed by atoms with van der Waals surface area (Å²) in [6.45, 7) is 6.96. The molecule has 0 bridgehead atoms. The van der Waals surface area contributed by atoms with Gasteiger partial charge in [0, 0.05) is 18.8 Å². The molecule has 2 aromatic carbocycles. The number of amides is 2. The van der Waals surface area contributed by atoms with E-state index in [1.165, 1.54) is 0 Å². The molecule has 1 fully saturated rings. The Bertz CT molecular complexity index is 786. The third kappa shape index (κ3) is 3.58. The van der Waals surface area contributed by atoms with Gasteiger partial charge in [0.05, 0.1) is 6.42 Å². The Morgan fingerprint density at radius 2 is 1.80 bits per heavy atom. The molecule has 130 valence electrons. The van der Waals surface area contributed by atoms with E-state index in [-0.39, 0.29) is 11.8 Å². The van der Waals surface area contributed by atoms with E-state index in [0.717, 1.165) is 22.4 Å². The highest BCUT2D eigenvalue weighted by molar-refractivity contribution is 6.00. The van der Waals surface area contributed by atoms with Crippen LogP contribution in [0.5, 0.6) is 0 Å². The lowest BCUT2D eigenvalue weighted by atomic mass is 10.1. The normalized spacial score (nSPS) is 17.7. The first-order chi connectivity index (χ1) is 12.0. The van der Waals surface area contributed by atoms with Crippen LogP contribution < -0.4 is 4.90 Å². The van der Waals surface area contributed by atoms with Crippen LogP contribution in [0.1, 0.15) is 23.6 Å². The first-order valence-electron chi connectivity index (χ1n) is 8.69. The van der Waals surface area contributed by atoms with Gasteiger partial charge in [-0.2, -0.15) is 0 Å². The lowest BCUT2D eigenvalue weighted by Crippen LogP contribution is -2.58. The molecule has 1 heterocycles. The zero-order chi connectivity index (χ0) is 18.0. The van der Waals surface area contributed by atoms with E-state index in [1.807, 2.05) is 74.2 Å². The van der Waals surface area contributed by atoms with Crippen LogP contribution in [0.25, 0.3) is 0 Å². The number of aryl methyl sites for hydroxylation is 2. The Kier molecular flexibility index (Phi) is 4.88. The van der Waals surface area contributed by atoms with Crippen molar-refractivity contribution < 1.29 is 9.59 Å². The second kappa shape index (κ2) is 7.09. The van der Waals surface area contributed by atoms with Gasteiger partial charge >= 0.3 is 0 Å². The Labute approximate surface area is 149 Å². The molecular formula is C21H24N2O2. The molecule has 2 amide bonds. The first-order valence-corrected chi connectivity index (χ1v) is 8.69. The van der Waals surface area contributed by atoms with Gasteiger partial charge in [-0.1, -0.05) is 42.5 Å². The number of hydrogen-bond acceptors (Lipinski definition) is 2. The molecule has 0 aromatic heterocycles. The summed E-state index contributed by atoms with van der Waals surface area (Å²) in [7, 11) is 0. The van der Waals surface area contributed by atoms with Gasteiger partial charge in [-0.25, -0.2) is 0 Å². The topological polar surface area (TPSA) is 40.6 Å². The molecule has 4 nitrogen and oxygen atoms in total. The van der Waals surface area contributed by atoms with Crippen LogP contribution >= 0.6 is 0 Å². The van der Waals surface area contributed by atoms with E-state index >= 15 is 0 Å². The third-order valence-electron chi connectivity index (χ3n) is 4.83. The summed E-state index contributed by atoms with van der Waals surface area (Å²) in [6.07, 6.45) is 0.335. The Morgan fingerprint density at radius 3 is 2.52 bits per heavy atom. The summed E-state index contributed by atoms with van der Waals surface area (Å²) in [4.78, 5) is 29.1. The molecule has 0 aliphatic carbocycles. The minimum Gasteiger partial charge on any atom is -0.329 e. The van der Waals surface area contributed by atoms with E-state index in [1.54, 1.807) is 4.90 Å². The van der Waals surface area contributed by atoms with E-state index < -0.39 is 6.04 Å². The van der Waals surface area contributed by atoms with Crippen molar-refractivity contribution in [2.75, 3.05) is 18.0 Å². The van der Waals surface area contributed by atoms with Crippen molar-refractivity contribution in [3.63, 3.8) is 0 Å². The zero-order valence-electron chi connectivity index (χ0n) is 15.0. The molecule has 4 heteroatoms. The molecule has 1 aliphatic rings. The highest BCUT2D eigenvalue weighted by Gasteiger charge is 2.35. The third-order valence-corrected chi connectivity index (χ3v) is 4.83. The van der Waals surface area contributed by atoms with Crippen LogP contribution in [0, 0.1) is 13.8 Å². The molecule has 0 spiro atoms. The average molecular weight is 336 g/mol. The minimum absolute atomic E-state index is 0.00710. The molecule has 0 N–H and O–H groups in total. The van der Waals surface area contributed by atoms with Gasteiger partial charge in [0.15, 0.2) is 0 Å². The van der Waals surface area contributed by atoms with Gasteiger partial charge in [-0.3, -0.25) is 9.59 Å². The van der Waals surface area contributed by atoms with Crippen molar-refractivity contribution in [2.24, 2.45) is 0 Å². The van der Waals surface area contributed by atoms with Gasteiger partial charge in [0.2, 0.25) is 11.8 Å². The van der Waals surface area contributed by atoms with Crippen LogP contribution in [-0.4, -0.2) is 35.8 Å². The van der Waals surface area contributed by atoms with Gasteiger partial charge in [-0.05, 0) is 43.5 Å². The summed E-state index contributed by atoms with van der Waals surface area (Å²) >= 11 is 0. The number of benzene rings is 2. The number of nitrogens with zero attached hydrogens (tertiary/aromatic N) is 2. The SMILES string of the molecule is Cc1ccc(C)c(N2CCN(C(=O)Cc3ccccc3)[C@H](C)C2=O)c1. The van der Waals surface area contributed by atoms with Crippen LogP contribution in [0.2, 0.25) is 0 Å². The fourth-order valence-corrected chi connectivity index (χ4v) is 3.33. The van der Waals surface area contributed by atoms with Crippen molar-refractivity contribution in [3.05, 3.63) is 65.2 Å². The predicted molar refractivity (Wildman–Crippen MR) is 99.6 cm³/mol. The van der Waals surface area contributed by atoms with Crippen LogP contribution in [0.3, 0.4) is 0 Å². The van der Waals surface area contributed by atoms with Gasteiger partial charge in [0.25, 0.3) is 0 Å². The summed E-state index contributed by atoms with van der Waals surface area (Å²) in [5.41, 5.74) is 4.13. The minimum atomic E-state index is -0.440. The van der Waals surface area contributed by atoms with Crippen molar-refractivity contribution in [3.8, 4) is 0 Å². The first kappa shape index (κ1) is 17.2. The fraction of sp³-hybridized carbons (Fsp3) is 0.333. The molecule has 0 saturated carbocycles. The van der Waals surface area contributed by atoms with E-state index in [2.05, 4.69) is 0 Å². The lowest BCUT2D eigenvalue weighted by Gasteiger charge is -2.39. The standard InChI is InChI=1S/C21H24N2O2/c1-15-9-10-16(2)19(13-15)23-12-11-22(17(3)21(23)25)20(24)14-18-7-5-4-6-8-18/h4-10,13,17H,11-12,14H2,1-3H3/t17-/m1/s1. The van der Waals surface area contributed by atoms with Crippen LogP contribution in [0.4, 0.5) is 5.69 Å². The van der Waals surface area contributed by atoms with Crippen LogP contribution in [-0.2, 0) is 16.0 Å². The monoisotopic (exact) mass is 336 g/mol. The number of hydrogen-bond donors (Lipinski definition) is 0. The van der Waals surface area contributed by atoms with Crippen molar-refractivity contribution in [1.82, 2.24) is 4.90 Å². The molecule has 1 atom stereocenters. The molecule has 3 rings (SSSR count). The fourth-order valence-electron chi connectivity index (χ4n) is 3.33. The number of carbonyl (C=O) groups is 2. The quantitative estimate of drug-likeness (QED) is 0.864.